The lowest BCUT2D eigenvalue weighted by Gasteiger charge is -2.37. The number of hydrogen-bond donors (Lipinski definition) is 1. The Morgan fingerprint density at radius 3 is 2.59 bits per heavy atom. The lowest BCUT2D eigenvalue weighted by Crippen LogP contribution is -2.46. The molecule has 1 heterocycles. The number of carbonyl (C=O) groups is 1. The molecular formula is C20H23ClN4OS. The lowest BCUT2D eigenvalue weighted by atomic mass is 10.0. The Bertz CT molecular complexity index is 843. The van der Waals surface area contributed by atoms with E-state index in [1.165, 1.54) is 0 Å². The molecule has 0 spiro atoms. The molecule has 1 atom stereocenters. The third kappa shape index (κ3) is 3.98. The first-order valence-corrected chi connectivity index (χ1v) is 9.98. The molecule has 0 saturated heterocycles. The first-order chi connectivity index (χ1) is 13.0. The van der Waals surface area contributed by atoms with Gasteiger partial charge in [-0.2, -0.15) is 10.1 Å². The minimum atomic E-state index is -0.639. The van der Waals surface area contributed by atoms with Crippen LogP contribution in [0.1, 0.15) is 24.0 Å². The average molecular weight is 403 g/mol. The van der Waals surface area contributed by atoms with Crippen LogP contribution in [0.5, 0.6) is 0 Å². The van der Waals surface area contributed by atoms with Crippen LogP contribution < -0.4 is 5.73 Å². The monoisotopic (exact) mass is 402 g/mol. The predicted molar refractivity (Wildman–Crippen MR) is 113 cm³/mol. The molecule has 27 heavy (non-hydrogen) atoms. The van der Waals surface area contributed by atoms with Gasteiger partial charge in [-0.05, 0) is 37.1 Å². The molecule has 2 amide bonds. The maximum absolute atomic E-state index is 13.0. The number of carbonyl (C=O) groups excluding carboxylic acids is 1. The topological polar surface area (TPSA) is 61.9 Å². The SMILES string of the molecule is CN(C)C(=O)N1N=C(c2cccc(Cl)c2)SC1(CCCN)c1ccccc1. The van der Waals surface area contributed by atoms with Crippen molar-refractivity contribution in [3.8, 4) is 0 Å². The summed E-state index contributed by atoms with van der Waals surface area (Å²) < 4.78 is 0. The van der Waals surface area contributed by atoms with Crippen LogP contribution in [-0.4, -0.2) is 41.6 Å². The summed E-state index contributed by atoms with van der Waals surface area (Å²) >= 11 is 7.76. The first kappa shape index (κ1) is 19.7. The lowest BCUT2D eigenvalue weighted by molar-refractivity contribution is 0.138. The Morgan fingerprint density at radius 1 is 1.22 bits per heavy atom. The molecule has 142 valence electrons. The van der Waals surface area contributed by atoms with Gasteiger partial charge >= 0.3 is 6.03 Å². The van der Waals surface area contributed by atoms with Gasteiger partial charge in [-0.15, -0.1) is 0 Å². The molecule has 2 aromatic carbocycles. The molecule has 0 fully saturated rings. The molecule has 0 aromatic heterocycles. The number of nitrogens with zero attached hydrogens (tertiary/aromatic N) is 3. The Balaban J connectivity index is 2.11. The minimum absolute atomic E-state index is 0.166. The van der Waals surface area contributed by atoms with Gasteiger partial charge < -0.3 is 10.6 Å². The van der Waals surface area contributed by atoms with E-state index in [9.17, 15) is 4.79 Å². The molecule has 0 aliphatic carbocycles. The van der Waals surface area contributed by atoms with E-state index in [1.807, 2.05) is 54.6 Å². The number of rotatable bonds is 5. The fourth-order valence-electron chi connectivity index (χ4n) is 3.04. The maximum Gasteiger partial charge on any atom is 0.341 e. The molecular weight excluding hydrogens is 380 g/mol. The first-order valence-electron chi connectivity index (χ1n) is 8.78. The fraction of sp³-hybridized carbons (Fsp3) is 0.300. The largest absolute Gasteiger partial charge is 0.341 e. The maximum atomic E-state index is 13.0. The van der Waals surface area contributed by atoms with Crippen LogP contribution in [0.3, 0.4) is 0 Å². The van der Waals surface area contributed by atoms with E-state index in [1.54, 1.807) is 35.8 Å². The van der Waals surface area contributed by atoms with Gasteiger partial charge in [0.05, 0.1) is 0 Å². The Morgan fingerprint density at radius 2 is 1.96 bits per heavy atom. The summed E-state index contributed by atoms with van der Waals surface area (Å²) in [4.78, 5) is 13.9. The van der Waals surface area contributed by atoms with Gasteiger partial charge in [-0.25, -0.2) is 4.79 Å². The number of amides is 2. The Kier molecular flexibility index (Phi) is 6.09. The molecule has 7 heteroatoms. The molecule has 1 aliphatic rings. The van der Waals surface area contributed by atoms with Crippen LogP contribution in [0.15, 0.2) is 59.7 Å². The fourth-order valence-corrected chi connectivity index (χ4v) is 4.63. The number of hydrazone groups is 1. The molecule has 0 saturated carbocycles. The Labute approximate surface area is 169 Å². The summed E-state index contributed by atoms with van der Waals surface area (Å²) in [5.74, 6) is 0. The summed E-state index contributed by atoms with van der Waals surface area (Å²) in [6, 6.07) is 17.4. The number of benzene rings is 2. The van der Waals surface area contributed by atoms with Crippen molar-refractivity contribution in [3.05, 3.63) is 70.7 Å². The number of urea groups is 1. The summed E-state index contributed by atoms with van der Waals surface area (Å²) in [7, 11) is 3.47. The van der Waals surface area contributed by atoms with Gasteiger partial charge in [-0.1, -0.05) is 65.8 Å². The average Bonchev–Trinajstić information content (AvgIpc) is 3.07. The molecule has 0 radical (unpaired) electrons. The highest BCUT2D eigenvalue weighted by Gasteiger charge is 2.48. The summed E-state index contributed by atoms with van der Waals surface area (Å²) in [5, 5.41) is 7.73. The van der Waals surface area contributed by atoms with Crippen molar-refractivity contribution < 1.29 is 4.79 Å². The van der Waals surface area contributed by atoms with E-state index in [-0.39, 0.29) is 6.03 Å². The third-order valence-electron chi connectivity index (χ3n) is 4.38. The van der Waals surface area contributed by atoms with Gasteiger partial charge in [0.1, 0.15) is 9.91 Å². The van der Waals surface area contributed by atoms with Gasteiger partial charge in [0.25, 0.3) is 0 Å². The summed E-state index contributed by atoms with van der Waals surface area (Å²) in [6.45, 7) is 0.547. The van der Waals surface area contributed by atoms with Gasteiger partial charge in [-0.3, -0.25) is 0 Å². The zero-order chi connectivity index (χ0) is 19.4. The molecule has 0 bridgehead atoms. The van der Waals surface area contributed by atoms with Crippen molar-refractivity contribution in [1.82, 2.24) is 9.91 Å². The van der Waals surface area contributed by atoms with E-state index in [2.05, 4.69) is 0 Å². The standard InChI is InChI=1S/C20H23ClN4OS/c1-24(2)19(26)25-20(12-7-13-22,16-9-4-3-5-10-16)27-18(23-25)15-8-6-11-17(21)14-15/h3-6,8-11,14H,7,12-13,22H2,1-2H3. The smallest absolute Gasteiger partial charge is 0.330 e. The highest BCUT2D eigenvalue weighted by atomic mass is 35.5. The molecule has 2 aromatic rings. The van der Waals surface area contributed by atoms with Crippen LogP contribution in [0, 0.1) is 0 Å². The Hall–Kier alpha value is -2.02. The summed E-state index contributed by atoms with van der Waals surface area (Å²) in [6.07, 6.45) is 1.47. The van der Waals surface area contributed by atoms with Gasteiger partial charge in [0.15, 0.2) is 0 Å². The second-order valence-corrected chi connectivity index (χ2v) is 8.25. The van der Waals surface area contributed by atoms with E-state index >= 15 is 0 Å². The highest BCUT2D eigenvalue weighted by molar-refractivity contribution is 8.15. The van der Waals surface area contributed by atoms with Crippen molar-refractivity contribution in [2.75, 3.05) is 20.6 Å². The minimum Gasteiger partial charge on any atom is -0.330 e. The third-order valence-corrected chi connectivity index (χ3v) is 6.07. The van der Waals surface area contributed by atoms with Crippen molar-refractivity contribution >= 4 is 34.4 Å². The van der Waals surface area contributed by atoms with E-state index in [4.69, 9.17) is 22.4 Å². The number of halogens is 1. The predicted octanol–water partition coefficient (Wildman–Crippen LogP) is 4.32. The van der Waals surface area contributed by atoms with Crippen LogP contribution >= 0.6 is 23.4 Å². The molecule has 3 rings (SSSR count). The quantitative estimate of drug-likeness (QED) is 0.809. The van der Waals surface area contributed by atoms with Crippen molar-refractivity contribution in [2.45, 2.75) is 17.7 Å². The normalized spacial score (nSPS) is 19.1. The molecule has 1 aliphatic heterocycles. The number of hydrogen-bond acceptors (Lipinski definition) is 4. The second kappa shape index (κ2) is 8.33. The van der Waals surface area contributed by atoms with E-state index < -0.39 is 4.87 Å². The number of nitrogens with two attached hydrogens (primary N) is 1. The van der Waals surface area contributed by atoms with Crippen LogP contribution in [0.2, 0.25) is 5.02 Å². The van der Waals surface area contributed by atoms with Gasteiger partial charge in [0, 0.05) is 24.7 Å². The highest BCUT2D eigenvalue weighted by Crippen LogP contribution is 2.50. The van der Waals surface area contributed by atoms with E-state index in [0.29, 0.717) is 18.0 Å². The van der Waals surface area contributed by atoms with Crippen molar-refractivity contribution in [1.29, 1.82) is 0 Å². The summed E-state index contributed by atoms with van der Waals surface area (Å²) in [5.41, 5.74) is 7.74. The zero-order valence-electron chi connectivity index (χ0n) is 15.4. The van der Waals surface area contributed by atoms with Crippen molar-refractivity contribution in [3.63, 3.8) is 0 Å². The van der Waals surface area contributed by atoms with Gasteiger partial charge in [0.2, 0.25) is 0 Å². The number of thioether (sulfide) groups is 1. The second-order valence-electron chi connectivity index (χ2n) is 6.55. The molecule has 2 N–H and O–H groups in total. The molecule has 5 nitrogen and oxygen atoms in total. The van der Waals surface area contributed by atoms with Crippen molar-refractivity contribution in [2.24, 2.45) is 10.8 Å². The van der Waals surface area contributed by atoms with E-state index in [0.717, 1.165) is 22.6 Å². The van der Waals surface area contributed by atoms with Crippen LogP contribution in [0.4, 0.5) is 4.79 Å². The van der Waals surface area contributed by atoms with Crippen LogP contribution in [0.25, 0.3) is 0 Å². The zero-order valence-corrected chi connectivity index (χ0v) is 17.0. The van der Waals surface area contributed by atoms with Crippen LogP contribution in [-0.2, 0) is 4.87 Å². The molecule has 1 unspecified atom stereocenters.